The second kappa shape index (κ2) is 7.04. The van der Waals surface area contributed by atoms with Crippen LogP contribution in [0.15, 0.2) is 24.3 Å². The number of hydrogen-bond donors (Lipinski definition) is 0. The summed E-state index contributed by atoms with van der Waals surface area (Å²) in [4.78, 5) is 34.0. The predicted octanol–water partition coefficient (Wildman–Crippen LogP) is 4.21. The van der Waals surface area contributed by atoms with Crippen molar-refractivity contribution in [3.05, 3.63) is 46.8 Å². The van der Waals surface area contributed by atoms with Gasteiger partial charge in [0.1, 0.15) is 11.4 Å². The number of hydrogen-bond acceptors (Lipinski definition) is 4. The molecule has 0 aliphatic heterocycles. The Labute approximate surface area is 142 Å². The van der Waals surface area contributed by atoms with E-state index in [0.29, 0.717) is 22.5 Å². The van der Waals surface area contributed by atoms with Gasteiger partial charge in [0.25, 0.3) is 0 Å². The molecule has 0 amide bonds. The van der Waals surface area contributed by atoms with Crippen LogP contribution in [0, 0.1) is 0 Å². The summed E-state index contributed by atoms with van der Waals surface area (Å²) < 4.78 is 0. The van der Waals surface area contributed by atoms with Crippen molar-refractivity contribution in [1.29, 1.82) is 0 Å². The van der Waals surface area contributed by atoms with E-state index in [2.05, 4.69) is 23.8 Å². The minimum Gasteiger partial charge on any atom is -0.285 e. The molecule has 3 rings (SSSR count). The lowest BCUT2D eigenvalue weighted by Crippen LogP contribution is -2.23. The highest BCUT2D eigenvalue weighted by Crippen LogP contribution is 2.31. The van der Waals surface area contributed by atoms with E-state index in [1.165, 1.54) is 0 Å². The van der Waals surface area contributed by atoms with Crippen LogP contribution in [0.1, 0.15) is 71.6 Å². The van der Waals surface area contributed by atoms with Crippen LogP contribution in [0.4, 0.5) is 0 Å². The highest BCUT2D eigenvalue weighted by atomic mass is 16.2. The van der Waals surface area contributed by atoms with E-state index in [1.54, 1.807) is 12.1 Å². The van der Waals surface area contributed by atoms with Gasteiger partial charge in [-0.3, -0.25) is 19.6 Å². The van der Waals surface area contributed by atoms with Gasteiger partial charge < -0.3 is 0 Å². The van der Waals surface area contributed by atoms with Crippen molar-refractivity contribution in [1.82, 2.24) is 9.97 Å². The van der Waals surface area contributed by atoms with E-state index < -0.39 is 11.6 Å². The summed E-state index contributed by atoms with van der Waals surface area (Å²) in [7, 11) is 0. The number of carbonyl (C=O) groups is 2. The van der Waals surface area contributed by atoms with Crippen molar-refractivity contribution in [2.75, 3.05) is 0 Å². The summed E-state index contributed by atoms with van der Waals surface area (Å²) in [6.07, 6.45) is 6.02. The number of Topliss-reactive ketones (excluding diaryl/α,β-unsaturated/α-hetero) is 2. The maximum absolute atomic E-state index is 12.3. The highest BCUT2D eigenvalue weighted by molar-refractivity contribution is 6.52. The molecule has 2 aromatic rings. The molecule has 0 spiro atoms. The van der Waals surface area contributed by atoms with E-state index in [1.807, 2.05) is 12.1 Å². The molecular weight excluding hydrogens is 300 g/mol. The first kappa shape index (κ1) is 16.5. The number of ketones is 2. The molecule has 0 aromatic carbocycles. The van der Waals surface area contributed by atoms with E-state index in [9.17, 15) is 9.59 Å². The standard InChI is InChI=1S/C20H22N2O2/c1-3-5-7-13-9-11-15-17(21-13)18-16(20(24)19(15)23)12-10-14(22-18)8-6-4-2/h9-12H,3-8H2,1-2H3. The third-order valence-electron chi connectivity index (χ3n) is 4.40. The molecular formula is C20H22N2O2. The third kappa shape index (κ3) is 3.01. The number of aryl methyl sites for hydroxylation is 2. The van der Waals surface area contributed by atoms with Gasteiger partial charge in [-0.25, -0.2) is 0 Å². The van der Waals surface area contributed by atoms with E-state index in [0.717, 1.165) is 49.9 Å². The molecule has 0 unspecified atom stereocenters. The van der Waals surface area contributed by atoms with E-state index >= 15 is 0 Å². The fourth-order valence-electron chi connectivity index (χ4n) is 2.97. The summed E-state index contributed by atoms with van der Waals surface area (Å²) in [5.41, 5.74) is 3.80. The Kier molecular flexibility index (Phi) is 4.84. The maximum Gasteiger partial charge on any atom is 0.235 e. The van der Waals surface area contributed by atoms with Gasteiger partial charge in [0, 0.05) is 11.4 Å². The van der Waals surface area contributed by atoms with Crippen LogP contribution in [-0.2, 0) is 12.8 Å². The monoisotopic (exact) mass is 322 g/mol. The Hall–Kier alpha value is -2.36. The van der Waals surface area contributed by atoms with E-state index in [-0.39, 0.29) is 0 Å². The molecule has 0 saturated carbocycles. The minimum atomic E-state index is -0.477. The molecule has 2 heterocycles. The topological polar surface area (TPSA) is 59.9 Å². The van der Waals surface area contributed by atoms with Crippen molar-refractivity contribution >= 4 is 11.6 Å². The lowest BCUT2D eigenvalue weighted by molar-refractivity contribution is 0.0814. The van der Waals surface area contributed by atoms with Crippen LogP contribution >= 0.6 is 0 Å². The summed E-state index contributed by atoms with van der Waals surface area (Å²) in [5, 5.41) is 0. The summed E-state index contributed by atoms with van der Waals surface area (Å²) >= 11 is 0. The largest absolute Gasteiger partial charge is 0.285 e. The zero-order valence-corrected chi connectivity index (χ0v) is 14.3. The minimum absolute atomic E-state index is 0.382. The van der Waals surface area contributed by atoms with Crippen LogP contribution in [0.2, 0.25) is 0 Å². The zero-order chi connectivity index (χ0) is 17.1. The van der Waals surface area contributed by atoms with Gasteiger partial charge in [0.2, 0.25) is 11.6 Å². The van der Waals surface area contributed by atoms with Gasteiger partial charge >= 0.3 is 0 Å². The first-order chi connectivity index (χ1) is 11.7. The molecule has 4 heteroatoms. The first-order valence-electron chi connectivity index (χ1n) is 8.75. The van der Waals surface area contributed by atoms with Crippen LogP contribution < -0.4 is 0 Å². The number of pyridine rings is 2. The van der Waals surface area contributed by atoms with Crippen molar-refractivity contribution in [3.63, 3.8) is 0 Å². The third-order valence-corrected chi connectivity index (χ3v) is 4.40. The number of nitrogens with zero attached hydrogens (tertiary/aromatic N) is 2. The molecule has 0 radical (unpaired) electrons. The Balaban J connectivity index is 2.08. The zero-order valence-electron chi connectivity index (χ0n) is 14.3. The van der Waals surface area contributed by atoms with Gasteiger partial charge in [0.15, 0.2) is 0 Å². The number of carbonyl (C=O) groups excluding carboxylic acids is 2. The number of fused-ring (bicyclic) bond motifs is 3. The average molecular weight is 322 g/mol. The number of unbranched alkanes of at least 4 members (excludes halogenated alkanes) is 2. The smallest absolute Gasteiger partial charge is 0.235 e. The maximum atomic E-state index is 12.3. The van der Waals surface area contributed by atoms with Crippen molar-refractivity contribution in [2.24, 2.45) is 0 Å². The fraction of sp³-hybridized carbons (Fsp3) is 0.400. The Bertz CT molecular complexity index is 729. The van der Waals surface area contributed by atoms with Gasteiger partial charge in [-0.1, -0.05) is 26.7 Å². The Morgan fingerprint density at radius 3 is 1.50 bits per heavy atom. The predicted molar refractivity (Wildman–Crippen MR) is 93.4 cm³/mol. The van der Waals surface area contributed by atoms with Crippen molar-refractivity contribution in [2.45, 2.75) is 52.4 Å². The Morgan fingerprint density at radius 2 is 1.12 bits per heavy atom. The summed E-state index contributed by atoms with van der Waals surface area (Å²) in [6, 6.07) is 7.17. The van der Waals surface area contributed by atoms with Gasteiger partial charge in [-0.2, -0.15) is 0 Å². The van der Waals surface area contributed by atoms with Crippen molar-refractivity contribution < 1.29 is 9.59 Å². The molecule has 24 heavy (non-hydrogen) atoms. The normalized spacial score (nSPS) is 12.9. The summed E-state index contributed by atoms with van der Waals surface area (Å²) in [6.45, 7) is 4.27. The first-order valence-corrected chi connectivity index (χ1v) is 8.75. The van der Waals surface area contributed by atoms with Crippen LogP contribution in [0.5, 0.6) is 0 Å². The van der Waals surface area contributed by atoms with Crippen LogP contribution in [-0.4, -0.2) is 21.5 Å². The molecule has 0 atom stereocenters. The average Bonchev–Trinajstić information content (AvgIpc) is 2.62. The van der Waals surface area contributed by atoms with Gasteiger partial charge in [-0.15, -0.1) is 0 Å². The fourth-order valence-corrected chi connectivity index (χ4v) is 2.97. The molecule has 1 aliphatic carbocycles. The van der Waals surface area contributed by atoms with Gasteiger partial charge in [0.05, 0.1) is 11.1 Å². The van der Waals surface area contributed by atoms with Crippen LogP contribution in [0.25, 0.3) is 11.4 Å². The number of aromatic nitrogens is 2. The van der Waals surface area contributed by atoms with Crippen LogP contribution in [0.3, 0.4) is 0 Å². The molecule has 0 fully saturated rings. The molecule has 4 nitrogen and oxygen atoms in total. The SMILES string of the molecule is CCCCc1ccc2c(n1)-c1nc(CCCC)ccc1C(=O)C2=O. The highest BCUT2D eigenvalue weighted by Gasteiger charge is 2.32. The molecule has 2 aromatic heterocycles. The lowest BCUT2D eigenvalue weighted by atomic mass is 9.89. The van der Waals surface area contributed by atoms with Gasteiger partial charge in [-0.05, 0) is 49.9 Å². The van der Waals surface area contributed by atoms with E-state index in [4.69, 9.17) is 0 Å². The molecule has 124 valence electrons. The lowest BCUT2D eigenvalue weighted by Gasteiger charge is -2.17. The second-order valence-electron chi connectivity index (χ2n) is 6.26. The second-order valence-corrected chi connectivity index (χ2v) is 6.26. The quantitative estimate of drug-likeness (QED) is 0.748. The number of rotatable bonds is 6. The molecule has 0 N–H and O–H groups in total. The van der Waals surface area contributed by atoms with Crippen molar-refractivity contribution in [3.8, 4) is 11.4 Å². The molecule has 0 saturated heterocycles. The summed E-state index contributed by atoms with van der Waals surface area (Å²) in [5.74, 6) is -0.953. The molecule has 1 aliphatic rings. The Morgan fingerprint density at radius 1 is 0.708 bits per heavy atom. The molecule has 0 bridgehead atoms.